The van der Waals surface area contributed by atoms with Crippen LogP contribution in [0.2, 0.25) is 0 Å². The number of rotatable bonds is 8. The Bertz CT molecular complexity index is 1260. The van der Waals surface area contributed by atoms with Gasteiger partial charge in [-0.25, -0.2) is 4.39 Å². The molecule has 7 nitrogen and oxygen atoms in total. The molecule has 1 aliphatic heterocycles. The van der Waals surface area contributed by atoms with Crippen molar-refractivity contribution in [3.8, 4) is 5.75 Å². The van der Waals surface area contributed by atoms with Gasteiger partial charge in [-0.1, -0.05) is 6.07 Å². The third-order valence-corrected chi connectivity index (χ3v) is 7.65. The van der Waals surface area contributed by atoms with Crippen molar-refractivity contribution in [2.24, 2.45) is 0 Å². The van der Waals surface area contributed by atoms with Crippen LogP contribution < -0.4 is 15.4 Å². The molecule has 0 unspecified atom stereocenters. The lowest BCUT2D eigenvalue weighted by molar-refractivity contribution is 0.0140. The van der Waals surface area contributed by atoms with E-state index >= 15 is 0 Å². The molecule has 198 valence electrons. The highest BCUT2D eigenvalue weighted by Gasteiger charge is 2.28. The average molecular weight is 510 g/mol. The van der Waals surface area contributed by atoms with E-state index in [1.165, 1.54) is 12.1 Å². The van der Waals surface area contributed by atoms with Gasteiger partial charge in [0.1, 0.15) is 18.2 Å². The largest absolute Gasteiger partial charge is 0.491 e. The number of aliphatic hydroxyl groups is 1. The molecule has 1 saturated heterocycles. The maximum atomic E-state index is 14.7. The van der Waals surface area contributed by atoms with Crippen molar-refractivity contribution in [1.29, 1.82) is 0 Å². The highest BCUT2D eigenvalue weighted by Crippen LogP contribution is 2.29. The van der Waals surface area contributed by atoms with Gasteiger partial charge in [0.05, 0.1) is 22.8 Å². The zero-order valence-corrected chi connectivity index (χ0v) is 21.5. The van der Waals surface area contributed by atoms with Gasteiger partial charge >= 0.3 is 0 Å². The Balaban J connectivity index is 1.21. The van der Waals surface area contributed by atoms with E-state index in [-0.39, 0.29) is 11.7 Å². The zero-order valence-electron chi connectivity index (χ0n) is 21.5. The second-order valence-corrected chi connectivity index (χ2v) is 10.7. The molecule has 4 N–H and O–H groups in total. The second-order valence-electron chi connectivity index (χ2n) is 10.7. The van der Waals surface area contributed by atoms with Crippen molar-refractivity contribution >= 4 is 22.5 Å². The van der Waals surface area contributed by atoms with Gasteiger partial charge in [0.15, 0.2) is 0 Å². The van der Waals surface area contributed by atoms with E-state index in [0.717, 1.165) is 67.3 Å². The zero-order chi connectivity index (χ0) is 26.0. The number of hydrogen-bond donors (Lipinski definition) is 4. The lowest BCUT2D eigenvalue weighted by atomic mass is 9.84. The molecule has 3 aromatic rings. The number of carbonyl (C=O) groups is 1. The number of fused-ring (bicyclic) bond motifs is 1. The molecule has 1 atom stereocenters. The molecular weight excluding hydrogens is 473 g/mol. The summed E-state index contributed by atoms with van der Waals surface area (Å²) >= 11 is 0. The predicted molar refractivity (Wildman–Crippen MR) is 142 cm³/mol. The molecule has 1 saturated carbocycles. The Hall–Kier alpha value is -2.94. The summed E-state index contributed by atoms with van der Waals surface area (Å²) in [4.78, 5) is 16.3. The fourth-order valence-electron chi connectivity index (χ4n) is 5.26. The average Bonchev–Trinajstić information content (AvgIpc) is 3.54. The van der Waals surface area contributed by atoms with Crippen molar-refractivity contribution in [1.82, 2.24) is 10.3 Å². The minimum atomic E-state index is -0.626. The molecular formula is C29H36FN3O4. The van der Waals surface area contributed by atoms with Crippen LogP contribution in [0.5, 0.6) is 5.75 Å². The van der Waals surface area contributed by atoms with Gasteiger partial charge in [-0.3, -0.25) is 4.79 Å². The van der Waals surface area contributed by atoms with E-state index in [2.05, 4.69) is 21.7 Å². The number of amides is 1. The summed E-state index contributed by atoms with van der Waals surface area (Å²) in [6.07, 6.45) is 5.53. The minimum Gasteiger partial charge on any atom is -0.491 e. The first-order valence-electron chi connectivity index (χ1n) is 13.2. The van der Waals surface area contributed by atoms with Crippen molar-refractivity contribution < 1.29 is 23.8 Å². The molecule has 8 heteroatoms. The number of aromatic nitrogens is 1. The number of benzene rings is 2. The lowest BCUT2D eigenvalue weighted by Crippen LogP contribution is -2.39. The summed E-state index contributed by atoms with van der Waals surface area (Å²) in [7, 11) is 0. The van der Waals surface area contributed by atoms with Crippen molar-refractivity contribution in [3.05, 3.63) is 59.0 Å². The third-order valence-electron chi connectivity index (χ3n) is 7.65. The van der Waals surface area contributed by atoms with Crippen molar-refractivity contribution in [2.75, 3.05) is 18.5 Å². The summed E-state index contributed by atoms with van der Waals surface area (Å²) < 4.78 is 25.9. The Labute approximate surface area is 216 Å². The molecule has 2 aromatic carbocycles. The first kappa shape index (κ1) is 25.7. The standard InChI is InChI=1S/C29H36FN3O4/c1-18-26(33-28(34)24-7-6-22(15-25(24)30)37-17-23-4-3-13-36-23)8-5-19-14-21(32-27(18)19)16-31-20-9-11-29(2,35)12-10-20/h5-8,14-15,20,23,31-32,35H,3-4,9-13,16-17H2,1-2H3,(H,33,34)/t20-,23-,29-/m0/s1. The van der Waals surface area contributed by atoms with Crippen LogP contribution in [0.4, 0.5) is 10.1 Å². The molecule has 0 spiro atoms. The number of H-pyrrole nitrogens is 1. The first-order valence-corrected chi connectivity index (χ1v) is 13.2. The van der Waals surface area contributed by atoms with Gasteiger partial charge in [0.2, 0.25) is 0 Å². The van der Waals surface area contributed by atoms with Gasteiger partial charge in [-0.2, -0.15) is 0 Å². The quantitative estimate of drug-likeness (QED) is 0.334. The number of aryl methyl sites for hydroxylation is 1. The number of anilines is 1. The smallest absolute Gasteiger partial charge is 0.258 e. The number of ether oxygens (including phenoxy) is 2. The van der Waals surface area contributed by atoms with E-state index in [0.29, 0.717) is 30.6 Å². The molecule has 5 rings (SSSR count). The van der Waals surface area contributed by atoms with Gasteiger partial charge in [0.25, 0.3) is 5.91 Å². The molecule has 37 heavy (non-hydrogen) atoms. The fraction of sp³-hybridized carbons (Fsp3) is 0.483. The molecule has 2 heterocycles. The fourth-order valence-corrected chi connectivity index (χ4v) is 5.26. The molecule has 1 amide bonds. The van der Waals surface area contributed by atoms with Crippen LogP contribution in [0.25, 0.3) is 10.9 Å². The minimum absolute atomic E-state index is 0.0354. The van der Waals surface area contributed by atoms with Gasteiger partial charge in [-0.05, 0) is 82.2 Å². The molecule has 1 aliphatic carbocycles. The van der Waals surface area contributed by atoms with Crippen molar-refractivity contribution in [3.63, 3.8) is 0 Å². The van der Waals surface area contributed by atoms with E-state index in [4.69, 9.17) is 9.47 Å². The predicted octanol–water partition coefficient (Wildman–Crippen LogP) is 5.21. The molecule has 0 radical (unpaired) electrons. The van der Waals surface area contributed by atoms with Crippen LogP contribution in [0, 0.1) is 12.7 Å². The summed E-state index contributed by atoms with van der Waals surface area (Å²) in [5, 5.41) is 17.7. The summed E-state index contributed by atoms with van der Waals surface area (Å²) in [5.74, 6) is -0.751. The van der Waals surface area contributed by atoms with Crippen molar-refractivity contribution in [2.45, 2.75) is 76.7 Å². The third kappa shape index (κ3) is 6.14. The maximum Gasteiger partial charge on any atom is 0.258 e. The number of aromatic amines is 1. The van der Waals surface area contributed by atoms with Crippen LogP contribution >= 0.6 is 0 Å². The lowest BCUT2D eigenvalue weighted by Gasteiger charge is -2.33. The first-order chi connectivity index (χ1) is 17.8. The highest BCUT2D eigenvalue weighted by atomic mass is 19.1. The molecule has 2 aliphatic rings. The SMILES string of the molecule is Cc1c(NC(=O)c2ccc(OC[C@@H]3CCCO3)cc2F)ccc2cc(CN[C@H]3CC[C@](C)(O)CC3)[nH]c12. The topological polar surface area (TPSA) is 95.6 Å². The molecule has 0 bridgehead atoms. The number of hydrogen-bond acceptors (Lipinski definition) is 5. The molecule has 1 aromatic heterocycles. The van der Waals surface area contributed by atoms with Gasteiger partial charge in [-0.15, -0.1) is 0 Å². The van der Waals surface area contributed by atoms with Crippen LogP contribution in [0.3, 0.4) is 0 Å². The monoisotopic (exact) mass is 509 g/mol. The van der Waals surface area contributed by atoms with E-state index in [9.17, 15) is 14.3 Å². The number of nitrogens with one attached hydrogen (secondary N) is 3. The van der Waals surface area contributed by atoms with E-state index in [1.807, 2.05) is 26.0 Å². The van der Waals surface area contributed by atoms with E-state index < -0.39 is 17.3 Å². The van der Waals surface area contributed by atoms with Crippen LogP contribution in [0.15, 0.2) is 36.4 Å². The van der Waals surface area contributed by atoms with Gasteiger partial charge < -0.3 is 30.2 Å². The Kier molecular flexibility index (Phi) is 7.51. The summed E-state index contributed by atoms with van der Waals surface area (Å²) in [6.45, 7) is 5.66. The van der Waals surface area contributed by atoms with Gasteiger partial charge in [0, 0.05) is 42.0 Å². The number of halogens is 1. The Morgan fingerprint density at radius 3 is 2.76 bits per heavy atom. The number of carbonyl (C=O) groups excluding carboxylic acids is 1. The Morgan fingerprint density at radius 1 is 1.22 bits per heavy atom. The van der Waals surface area contributed by atoms with Crippen LogP contribution in [-0.4, -0.2) is 47.0 Å². The summed E-state index contributed by atoms with van der Waals surface area (Å²) in [5.41, 5.74) is 2.95. The Morgan fingerprint density at radius 2 is 2.03 bits per heavy atom. The normalized spacial score (nSPS) is 23.9. The second kappa shape index (κ2) is 10.8. The molecule has 2 fully saturated rings. The summed E-state index contributed by atoms with van der Waals surface area (Å²) in [6, 6.07) is 10.6. The van der Waals surface area contributed by atoms with E-state index in [1.54, 1.807) is 6.07 Å². The maximum absolute atomic E-state index is 14.7. The van der Waals surface area contributed by atoms with Crippen LogP contribution in [-0.2, 0) is 11.3 Å². The highest BCUT2D eigenvalue weighted by molar-refractivity contribution is 6.06. The van der Waals surface area contributed by atoms with Crippen LogP contribution in [0.1, 0.15) is 67.1 Å².